The molecule has 0 bridgehead atoms. The molecule has 0 N–H and O–H groups in total. The van der Waals surface area contributed by atoms with Crippen molar-refractivity contribution in [1.29, 1.82) is 0 Å². The monoisotopic (exact) mass is 436 g/mol. The van der Waals surface area contributed by atoms with Gasteiger partial charge in [0.1, 0.15) is 0 Å². The summed E-state index contributed by atoms with van der Waals surface area (Å²) in [5.74, 6) is 0.991. The SMILES string of the molecule is CCC(CN1CCOCC1)n1cc(C)c2nc(-c3ccc(C(C)C)nc3OC)c(C)cc21. The molecule has 0 aromatic carbocycles. The van der Waals surface area contributed by atoms with Gasteiger partial charge in [-0.25, -0.2) is 9.97 Å². The van der Waals surface area contributed by atoms with Crippen LogP contribution in [-0.4, -0.2) is 59.4 Å². The maximum Gasteiger partial charge on any atom is 0.222 e. The molecular weight excluding hydrogens is 400 g/mol. The highest BCUT2D eigenvalue weighted by Gasteiger charge is 2.21. The topological polar surface area (TPSA) is 52.4 Å². The second kappa shape index (κ2) is 9.59. The molecule has 3 aromatic rings. The Balaban J connectivity index is 1.74. The average Bonchev–Trinajstić information content (AvgIpc) is 3.12. The van der Waals surface area contributed by atoms with Crippen molar-refractivity contribution in [2.45, 2.75) is 53.0 Å². The zero-order valence-electron chi connectivity index (χ0n) is 20.3. The molecule has 1 unspecified atom stereocenters. The van der Waals surface area contributed by atoms with E-state index >= 15 is 0 Å². The van der Waals surface area contributed by atoms with E-state index in [2.05, 4.69) is 68.5 Å². The van der Waals surface area contributed by atoms with E-state index in [1.165, 1.54) is 11.1 Å². The summed E-state index contributed by atoms with van der Waals surface area (Å²) in [4.78, 5) is 12.4. The molecule has 0 spiro atoms. The molecule has 6 nitrogen and oxygen atoms in total. The van der Waals surface area contributed by atoms with E-state index in [4.69, 9.17) is 19.4 Å². The van der Waals surface area contributed by atoms with Crippen LogP contribution >= 0.6 is 0 Å². The minimum absolute atomic E-state index is 0.350. The molecule has 1 aliphatic rings. The molecule has 0 radical (unpaired) electrons. The van der Waals surface area contributed by atoms with Crippen LogP contribution in [0.15, 0.2) is 24.4 Å². The van der Waals surface area contributed by atoms with Gasteiger partial charge in [-0.2, -0.15) is 0 Å². The first-order valence-corrected chi connectivity index (χ1v) is 11.8. The van der Waals surface area contributed by atoms with E-state index in [1.807, 2.05) is 0 Å². The summed E-state index contributed by atoms with van der Waals surface area (Å²) in [5, 5.41) is 0. The number of aryl methyl sites for hydroxylation is 2. The van der Waals surface area contributed by atoms with Gasteiger partial charge in [-0.1, -0.05) is 20.8 Å². The van der Waals surface area contributed by atoms with Gasteiger partial charge in [0.05, 0.1) is 42.6 Å². The van der Waals surface area contributed by atoms with Gasteiger partial charge in [0.2, 0.25) is 5.88 Å². The van der Waals surface area contributed by atoms with E-state index < -0.39 is 0 Å². The summed E-state index contributed by atoms with van der Waals surface area (Å²) in [6, 6.07) is 6.88. The average molecular weight is 437 g/mol. The first kappa shape index (κ1) is 22.7. The Labute approximate surface area is 191 Å². The van der Waals surface area contributed by atoms with Crippen LogP contribution in [0.4, 0.5) is 0 Å². The van der Waals surface area contributed by atoms with E-state index in [9.17, 15) is 0 Å². The van der Waals surface area contributed by atoms with E-state index in [0.29, 0.717) is 17.8 Å². The fourth-order valence-electron chi connectivity index (χ4n) is 4.61. The Hall–Kier alpha value is -2.44. The third-order valence-electron chi connectivity index (χ3n) is 6.54. The van der Waals surface area contributed by atoms with Gasteiger partial charge >= 0.3 is 0 Å². The molecule has 1 fully saturated rings. The number of rotatable bonds is 7. The summed E-state index contributed by atoms with van der Waals surface area (Å²) in [6.07, 6.45) is 3.35. The van der Waals surface area contributed by atoms with Crippen molar-refractivity contribution in [2.75, 3.05) is 40.0 Å². The Kier molecular flexibility index (Phi) is 6.82. The number of pyridine rings is 2. The molecule has 3 aromatic heterocycles. The van der Waals surface area contributed by atoms with Gasteiger partial charge in [0.25, 0.3) is 0 Å². The molecule has 4 heterocycles. The highest BCUT2D eigenvalue weighted by atomic mass is 16.5. The minimum atomic E-state index is 0.350. The molecule has 1 aliphatic heterocycles. The van der Waals surface area contributed by atoms with Gasteiger partial charge < -0.3 is 14.0 Å². The minimum Gasteiger partial charge on any atom is -0.480 e. The lowest BCUT2D eigenvalue weighted by Crippen LogP contribution is -2.39. The third kappa shape index (κ3) is 4.39. The van der Waals surface area contributed by atoms with Gasteiger partial charge in [0, 0.05) is 37.6 Å². The van der Waals surface area contributed by atoms with Crippen LogP contribution in [0.2, 0.25) is 0 Å². The number of aromatic nitrogens is 3. The van der Waals surface area contributed by atoms with Gasteiger partial charge in [-0.15, -0.1) is 0 Å². The van der Waals surface area contributed by atoms with Gasteiger partial charge in [-0.3, -0.25) is 4.90 Å². The fraction of sp³-hybridized carbons (Fsp3) is 0.538. The van der Waals surface area contributed by atoms with Gasteiger partial charge in [-0.05, 0) is 55.5 Å². The number of hydrogen-bond donors (Lipinski definition) is 0. The highest BCUT2D eigenvalue weighted by Crippen LogP contribution is 2.34. The predicted molar refractivity (Wildman–Crippen MR) is 130 cm³/mol. The lowest BCUT2D eigenvalue weighted by molar-refractivity contribution is 0.0315. The molecule has 0 aliphatic carbocycles. The number of morpholine rings is 1. The number of methoxy groups -OCH3 is 1. The van der Waals surface area contributed by atoms with Crippen LogP contribution in [0, 0.1) is 13.8 Å². The van der Waals surface area contributed by atoms with Crippen LogP contribution in [0.25, 0.3) is 22.3 Å². The van der Waals surface area contributed by atoms with Crippen molar-refractivity contribution < 1.29 is 9.47 Å². The molecule has 1 saturated heterocycles. The number of hydrogen-bond acceptors (Lipinski definition) is 5. The number of ether oxygens (including phenoxy) is 2. The molecule has 32 heavy (non-hydrogen) atoms. The van der Waals surface area contributed by atoms with Crippen molar-refractivity contribution in [3.8, 4) is 17.1 Å². The summed E-state index contributed by atoms with van der Waals surface area (Å²) >= 11 is 0. The highest BCUT2D eigenvalue weighted by molar-refractivity contribution is 5.85. The summed E-state index contributed by atoms with van der Waals surface area (Å²) < 4.78 is 13.6. The summed E-state index contributed by atoms with van der Waals surface area (Å²) in [6.45, 7) is 15.6. The van der Waals surface area contributed by atoms with E-state index in [-0.39, 0.29) is 0 Å². The second-order valence-electron chi connectivity index (χ2n) is 9.16. The van der Waals surface area contributed by atoms with Crippen molar-refractivity contribution in [1.82, 2.24) is 19.4 Å². The number of fused-ring (bicyclic) bond motifs is 1. The molecule has 6 heteroatoms. The molecule has 4 rings (SSSR count). The lowest BCUT2D eigenvalue weighted by Gasteiger charge is -2.31. The van der Waals surface area contributed by atoms with Crippen LogP contribution in [0.3, 0.4) is 0 Å². The van der Waals surface area contributed by atoms with E-state index in [1.54, 1.807) is 7.11 Å². The zero-order valence-corrected chi connectivity index (χ0v) is 20.3. The van der Waals surface area contributed by atoms with Crippen molar-refractivity contribution in [2.24, 2.45) is 0 Å². The van der Waals surface area contributed by atoms with Crippen LogP contribution < -0.4 is 4.74 Å². The quantitative estimate of drug-likeness (QED) is 0.514. The summed E-state index contributed by atoms with van der Waals surface area (Å²) in [5.41, 5.74) is 7.52. The first-order valence-electron chi connectivity index (χ1n) is 11.8. The molecular formula is C26H36N4O2. The molecule has 0 amide bonds. The largest absolute Gasteiger partial charge is 0.480 e. The third-order valence-corrected chi connectivity index (χ3v) is 6.54. The van der Waals surface area contributed by atoms with Crippen molar-refractivity contribution in [3.63, 3.8) is 0 Å². The second-order valence-corrected chi connectivity index (χ2v) is 9.16. The normalized spacial score (nSPS) is 16.1. The standard InChI is InChI=1S/C26H36N4O2/c1-7-20(16-29-10-12-32-13-11-29)30-15-19(5)25-23(30)14-18(4)24(28-25)21-8-9-22(17(2)3)27-26(21)31-6/h8-9,14-15,17,20H,7,10-13,16H2,1-6H3. The van der Waals surface area contributed by atoms with Crippen LogP contribution in [0.1, 0.15) is 56.0 Å². The first-order chi connectivity index (χ1) is 15.4. The fourth-order valence-corrected chi connectivity index (χ4v) is 4.61. The Morgan fingerprint density at radius 1 is 1.09 bits per heavy atom. The van der Waals surface area contributed by atoms with Gasteiger partial charge in [0.15, 0.2) is 0 Å². The maximum absolute atomic E-state index is 5.66. The summed E-state index contributed by atoms with van der Waals surface area (Å²) in [7, 11) is 1.68. The smallest absolute Gasteiger partial charge is 0.222 e. The van der Waals surface area contributed by atoms with Crippen LogP contribution in [-0.2, 0) is 4.74 Å². The van der Waals surface area contributed by atoms with Crippen molar-refractivity contribution in [3.05, 3.63) is 41.2 Å². The molecule has 172 valence electrons. The number of nitrogens with zero attached hydrogens (tertiary/aromatic N) is 4. The van der Waals surface area contributed by atoms with E-state index in [0.717, 1.165) is 67.3 Å². The Morgan fingerprint density at radius 3 is 2.50 bits per heavy atom. The predicted octanol–water partition coefficient (Wildman–Crippen LogP) is 5.13. The maximum atomic E-state index is 5.66. The zero-order chi connectivity index (χ0) is 22.8. The van der Waals surface area contributed by atoms with Crippen molar-refractivity contribution >= 4 is 11.0 Å². The molecule has 0 saturated carbocycles. The molecule has 1 atom stereocenters. The lowest BCUT2D eigenvalue weighted by atomic mass is 10.0. The van der Waals surface area contributed by atoms with Crippen LogP contribution in [0.5, 0.6) is 5.88 Å². The Morgan fingerprint density at radius 2 is 1.84 bits per heavy atom. The Bertz CT molecular complexity index is 1080.